The van der Waals surface area contributed by atoms with Gasteiger partial charge in [0.1, 0.15) is 5.75 Å². The zero-order valence-electron chi connectivity index (χ0n) is 13.8. The molecule has 2 aromatic carbocycles. The number of ether oxygens (including phenoxy) is 2. The molecule has 0 bridgehead atoms. The van der Waals surface area contributed by atoms with Crippen molar-refractivity contribution in [3.8, 4) is 5.75 Å². The molecule has 1 amide bonds. The molecular formula is C19H21NO4. The first-order valence-electron chi connectivity index (χ1n) is 7.80. The van der Waals surface area contributed by atoms with Crippen LogP contribution in [0.15, 0.2) is 54.6 Å². The summed E-state index contributed by atoms with van der Waals surface area (Å²) in [5.74, 6) is -0.632. The summed E-state index contributed by atoms with van der Waals surface area (Å²) in [7, 11) is 1.52. The van der Waals surface area contributed by atoms with Gasteiger partial charge in [-0.05, 0) is 24.1 Å². The van der Waals surface area contributed by atoms with E-state index in [-0.39, 0.29) is 12.5 Å². The van der Waals surface area contributed by atoms with Crippen molar-refractivity contribution in [2.45, 2.75) is 19.3 Å². The summed E-state index contributed by atoms with van der Waals surface area (Å²) in [6.07, 6.45) is 0.608. The molecule has 0 saturated carbocycles. The van der Waals surface area contributed by atoms with Crippen molar-refractivity contribution in [2.75, 3.05) is 19.0 Å². The zero-order chi connectivity index (χ0) is 17.4. The van der Waals surface area contributed by atoms with Crippen LogP contribution in [0.25, 0.3) is 0 Å². The number of hydrogen-bond donors (Lipinski definition) is 1. The fraction of sp³-hybridized carbons (Fsp3) is 0.263. The molecule has 0 unspecified atom stereocenters. The third-order valence-corrected chi connectivity index (χ3v) is 3.62. The van der Waals surface area contributed by atoms with Crippen molar-refractivity contribution in [1.29, 1.82) is 0 Å². The molecule has 0 spiro atoms. The van der Waals surface area contributed by atoms with Crippen LogP contribution in [0.2, 0.25) is 0 Å². The van der Waals surface area contributed by atoms with E-state index >= 15 is 0 Å². The summed E-state index contributed by atoms with van der Waals surface area (Å²) in [5.41, 5.74) is 1.42. The second-order valence-electron chi connectivity index (χ2n) is 5.23. The minimum atomic E-state index is -0.407. The molecule has 5 heteroatoms. The highest BCUT2D eigenvalue weighted by molar-refractivity contribution is 5.94. The van der Waals surface area contributed by atoms with E-state index in [9.17, 15) is 9.59 Å². The van der Waals surface area contributed by atoms with E-state index < -0.39 is 11.9 Å². The number of carbonyl (C=O) groups excluding carboxylic acids is 2. The van der Waals surface area contributed by atoms with Gasteiger partial charge in [0.2, 0.25) is 0 Å². The number of para-hydroxylation sites is 2. The Morgan fingerprint density at radius 3 is 2.38 bits per heavy atom. The maximum atomic E-state index is 12.2. The molecule has 5 nitrogen and oxygen atoms in total. The van der Waals surface area contributed by atoms with Crippen LogP contribution >= 0.6 is 0 Å². The van der Waals surface area contributed by atoms with Crippen molar-refractivity contribution in [3.63, 3.8) is 0 Å². The standard InChI is InChI=1S/C19H21NO4/c1-3-15(14-9-5-4-6-10-14)19(22)24-13-18(21)20-16-11-7-8-12-17(16)23-2/h4-12,15H,3,13H2,1-2H3,(H,20,21)/t15-/m1/s1. The predicted molar refractivity (Wildman–Crippen MR) is 92.1 cm³/mol. The second kappa shape index (κ2) is 8.72. The van der Waals surface area contributed by atoms with Crippen LogP contribution in [0.1, 0.15) is 24.8 Å². The lowest BCUT2D eigenvalue weighted by Crippen LogP contribution is -2.24. The Bertz CT molecular complexity index is 685. The molecule has 0 aliphatic carbocycles. The molecule has 2 aromatic rings. The van der Waals surface area contributed by atoms with Crippen LogP contribution in [0.3, 0.4) is 0 Å². The number of amides is 1. The Labute approximate surface area is 141 Å². The van der Waals surface area contributed by atoms with Gasteiger partial charge in [-0.15, -0.1) is 0 Å². The van der Waals surface area contributed by atoms with E-state index in [0.29, 0.717) is 17.9 Å². The van der Waals surface area contributed by atoms with Crippen LogP contribution in [0.4, 0.5) is 5.69 Å². The number of esters is 1. The lowest BCUT2D eigenvalue weighted by atomic mass is 9.97. The Kier molecular flexibility index (Phi) is 6.37. The van der Waals surface area contributed by atoms with Crippen LogP contribution in [-0.2, 0) is 14.3 Å². The van der Waals surface area contributed by atoms with Crippen molar-refractivity contribution >= 4 is 17.6 Å². The molecule has 1 atom stereocenters. The minimum absolute atomic E-state index is 0.333. The van der Waals surface area contributed by atoms with Crippen LogP contribution in [0.5, 0.6) is 5.75 Å². The SMILES string of the molecule is CC[C@@H](C(=O)OCC(=O)Nc1ccccc1OC)c1ccccc1. The molecule has 2 rings (SSSR count). The number of rotatable bonds is 7. The number of methoxy groups -OCH3 is 1. The average Bonchev–Trinajstić information content (AvgIpc) is 2.62. The topological polar surface area (TPSA) is 64.6 Å². The van der Waals surface area contributed by atoms with Crippen LogP contribution < -0.4 is 10.1 Å². The Balaban J connectivity index is 1.92. The van der Waals surface area contributed by atoms with E-state index in [1.54, 1.807) is 24.3 Å². The summed E-state index contributed by atoms with van der Waals surface area (Å²) in [6.45, 7) is 1.58. The molecule has 0 aliphatic heterocycles. The van der Waals surface area contributed by atoms with E-state index in [0.717, 1.165) is 5.56 Å². The molecule has 0 saturated heterocycles. The number of nitrogens with one attached hydrogen (secondary N) is 1. The lowest BCUT2D eigenvalue weighted by molar-refractivity contribution is -0.149. The van der Waals surface area contributed by atoms with Gasteiger partial charge in [0.05, 0.1) is 18.7 Å². The number of benzene rings is 2. The quantitative estimate of drug-likeness (QED) is 0.792. The monoisotopic (exact) mass is 327 g/mol. The number of carbonyl (C=O) groups is 2. The third kappa shape index (κ3) is 4.59. The maximum absolute atomic E-state index is 12.2. The highest BCUT2D eigenvalue weighted by atomic mass is 16.5. The molecule has 24 heavy (non-hydrogen) atoms. The molecular weight excluding hydrogens is 306 g/mol. The fourth-order valence-corrected chi connectivity index (χ4v) is 2.40. The van der Waals surface area contributed by atoms with Gasteiger partial charge in [-0.3, -0.25) is 9.59 Å². The summed E-state index contributed by atoms with van der Waals surface area (Å²) in [4.78, 5) is 24.2. The first-order valence-corrected chi connectivity index (χ1v) is 7.80. The summed E-state index contributed by atoms with van der Waals surface area (Å²) >= 11 is 0. The van der Waals surface area contributed by atoms with Gasteiger partial charge in [0.15, 0.2) is 6.61 Å². The minimum Gasteiger partial charge on any atom is -0.495 e. The van der Waals surface area contributed by atoms with Gasteiger partial charge in [-0.25, -0.2) is 0 Å². The Morgan fingerprint density at radius 1 is 1.04 bits per heavy atom. The first-order chi connectivity index (χ1) is 11.7. The first kappa shape index (κ1) is 17.5. The van der Waals surface area contributed by atoms with Crippen molar-refractivity contribution < 1.29 is 19.1 Å². The van der Waals surface area contributed by atoms with Crippen molar-refractivity contribution in [2.24, 2.45) is 0 Å². The largest absolute Gasteiger partial charge is 0.495 e. The molecule has 0 aliphatic rings. The predicted octanol–water partition coefficient (Wildman–Crippen LogP) is 3.37. The maximum Gasteiger partial charge on any atom is 0.313 e. The van der Waals surface area contributed by atoms with Gasteiger partial charge >= 0.3 is 5.97 Å². The highest BCUT2D eigenvalue weighted by Crippen LogP contribution is 2.23. The fourth-order valence-electron chi connectivity index (χ4n) is 2.40. The smallest absolute Gasteiger partial charge is 0.313 e. The van der Waals surface area contributed by atoms with Gasteiger partial charge in [-0.2, -0.15) is 0 Å². The van der Waals surface area contributed by atoms with Crippen molar-refractivity contribution in [3.05, 3.63) is 60.2 Å². The normalized spacial score (nSPS) is 11.4. The Morgan fingerprint density at radius 2 is 1.71 bits per heavy atom. The number of anilines is 1. The van der Waals surface area contributed by atoms with Crippen molar-refractivity contribution in [1.82, 2.24) is 0 Å². The summed E-state index contributed by atoms with van der Waals surface area (Å²) in [5, 5.41) is 2.67. The summed E-state index contributed by atoms with van der Waals surface area (Å²) in [6, 6.07) is 16.4. The van der Waals surface area contributed by atoms with Gasteiger partial charge in [-0.1, -0.05) is 49.4 Å². The highest BCUT2D eigenvalue weighted by Gasteiger charge is 2.21. The zero-order valence-corrected chi connectivity index (χ0v) is 13.8. The van der Waals surface area contributed by atoms with Crippen LogP contribution in [0, 0.1) is 0 Å². The van der Waals surface area contributed by atoms with E-state index in [2.05, 4.69) is 5.32 Å². The van der Waals surface area contributed by atoms with Gasteiger partial charge in [0.25, 0.3) is 5.91 Å². The molecule has 1 N–H and O–H groups in total. The van der Waals surface area contributed by atoms with Crippen LogP contribution in [-0.4, -0.2) is 25.6 Å². The molecule has 0 fully saturated rings. The van der Waals surface area contributed by atoms with E-state index in [4.69, 9.17) is 9.47 Å². The molecule has 126 valence electrons. The van der Waals surface area contributed by atoms with E-state index in [1.165, 1.54) is 7.11 Å². The van der Waals surface area contributed by atoms with E-state index in [1.807, 2.05) is 37.3 Å². The van der Waals surface area contributed by atoms with Gasteiger partial charge < -0.3 is 14.8 Å². The van der Waals surface area contributed by atoms with Gasteiger partial charge in [0, 0.05) is 0 Å². The average molecular weight is 327 g/mol. The molecule has 0 aromatic heterocycles. The molecule has 0 heterocycles. The Hall–Kier alpha value is -2.82. The molecule has 0 radical (unpaired) electrons. The third-order valence-electron chi connectivity index (χ3n) is 3.62. The lowest BCUT2D eigenvalue weighted by Gasteiger charge is -2.15. The summed E-state index contributed by atoms with van der Waals surface area (Å²) < 4.78 is 10.3. The number of hydrogen-bond acceptors (Lipinski definition) is 4. The second-order valence-corrected chi connectivity index (χ2v) is 5.23.